The molecule has 20 heavy (non-hydrogen) atoms. The number of aromatic nitrogens is 2. The summed E-state index contributed by atoms with van der Waals surface area (Å²) in [5.74, 6) is 0. The molecule has 0 bridgehead atoms. The van der Waals surface area contributed by atoms with Crippen LogP contribution in [0.5, 0.6) is 0 Å². The van der Waals surface area contributed by atoms with Gasteiger partial charge in [-0.05, 0) is 6.07 Å². The molecule has 2 aromatic rings. The van der Waals surface area contributed by atoms with Crippen LogP contribution in [-0.4, -0.2) is 49.2 Å². The predicted molar refractivity (Wildman–Crippen MR) is 66.5 cm³/mol. The van der Waals surface area contributed by atoms with E-state index in [2.05, 4.69) is 0 Å². The van der Waals surface area contributed by atoms with E-state index in [4.69, 9.17) is 5.11 Å². The smallest absolute Gasteiger partial charge is 0.289 e. The molecule has 0 saturated heterocycles. The molecule has 1 heterocycles. The zero-order valence-electron chi connectivity index (χ0n) is 10.4. The highest BCUT2D eigenvalue weighted by molar-refractivity contribution is 5.71. The summed E-state index contributed by atoms with van der Waals surface area (Å²) in [5.41, 5.74) is -0.00779. The summed E-state index contributed by atoms with van der Waals surface area (Å²) in [6.07, 6.45) is -4.21. The van der Waals surface area contributed by atoms with Gasteiger partial charge in [0.05, 0.1) is 11.0 Å². The van der Waals surface area contributed by atoms with E-state index >= 15 is 0 Å². The van der Waals surface area contributed by atoms with Gasteiger partial charge in [0.1, 0.15) is 18.3 Å². The van der Waals surface area contributed by atoms with E-state index in [1.54, 1.807) is 12.1 Å². The lowest BCUT2D eigenvalue weighted by Crippen LogP contribution is -2.37. The van der Waals surface area contributed by atoms with E-state index in [0.717, 1.165) is 6.20 Å². The zero-order valence-corrected chi connectivity index (χ0v) is 10.4. The maximum absolute atomic E-state index is 11.8. The minimum absolute atomic E-state index is 0.129. The molecule has 0 spiro atoms. The molecule has 8 heteroatoms. The van der Waals surface area contributed by atoms with E-state index < -0.39 is 24.9 Å². The average molecular weight is 283 g/mol. The second kappa shape index (κ2) is 5.55. The number of hydrogen-bond donors (Lipinski definition) is 5. The first-order valence-corrected chi connectivity index (χ1v) is 5.88. The molecule has 0 amide bonds. The Kier molecular flexibility index (Phi) is 4.00. The van der Waals surface area contributed by atoms with Crippen molar-refractivity contribution >= 4 is 11.0 Å². The lowest BCUT2D eigenvalue weighted by atomic mass is 10.1. The van der Waals surface area contributed by atoms with Crippen molar-refractivity contribution in [1.29, 1.82) is 0 Å². The average Bonchev–Trinajstić information content (AvgIpc) is 2.48. The van der Waals surface area contributed by atoms with E-state index in [1.165, 1.54) is 12.1 Å². The first-order chi connectivity index (χ1) is 9.47. The Morgan fingerprint density at radius 2 is 1.85 bits per heavy atom. The predicted octanol–water partition coefficient (Wildman–Crippen LogP) is -1.46. The Morgan fingerprint density at radius 3 is 2.50 bits per heavy atom. The van der Waals surface area contributed by atoms with Crippen LogP contribution in [0, 0.1) is 4.91 Å². The highest BCUT2D eigenvalue weighted by atomic mass is 16.5. The number of aliphatic hydroxyl groups is 4. The third kappa shape index (κ3) is 2.37. The van der Waals surface area contributed by atoms with E-state index in [9.17, 15) is 25.4 Å². The number of para-hydroxylation sites is 2. The fourth-order valence-corrected chi connectivity index (χ4v) is 1.91. The van der Waals surface area contributed by atoms with Crippen molar-refractivity contribution in [2.75, 3.05) is 6.61 Å². The van der Waals surface area contributed by atoms with Crippen molar-refractivity contribution in [1.82, 2.24) is 4.73 Å². The molecule has 0 saturated carbocycles. The van der Waals surface area contributed by atoms with E-state index in [0.29, 0.717) is 9.16 Å². The van der Waals surface area contributed by atoms with Gasteiger partial charge in [0, 0.05) is 11.0 Å². The van der Waals surface area contributed by atoms with Crippen LogP contribution in [0.15, 0.2) is 30.5 Å². The largest absolute Gasteiger partial charge is 0.428 e. The van der Waals surface area contributed by atoms with Gasteiger partial charge in [0.2, 0.25) is 0 Å². The molecule has 0 aliphatic heterocycles. The Hall–Kier alpha value is -2.00. The lowest BCUT2D eigenvalue weighted by Gasteiger charge is -2.21. The molecule has 1 aromatic heterocycles. The number of aliphatic hydroxyl groups excluding tert-OH is 4. The van der Waals surface area contributed by atoms with Crippen LogP contribution in [-0.2, 0) is 0 Å². The van der Waals surface area contributed by atoms with Crippen LogP contribution in [0.1, 0.15) is 11.8 Å². The Balaban J connectivity index is 2.55. The van der Waals surface area contributed by atoms with Crippen molar-refractivity contribution in [3.8, 4) is 0 Å². The molecule has 0 radical (unpaired) electrons. The van der Waals surface area contributed by atoms with Crippen molar-refractivity contribution in [2.24, 2.45) is 0 Å². The Bertz CT molecular complexity index is 671. The van der Waals surface area contributed by atoms with Gasteiger partial charge in [-0.2, -0.15) is 4.73 Å². The topological polar surface area (TPSA) is 129 Å². The van der Waals surface area contributed by atoms with Crippen LogP contribution in [0.25, 0.3) is 11.0 Å². The number of rotatable bonds is 4. The molecule has 5 N–H and O–H groups in total. The van der Waals surface area contributed by atoms with E-state index in [1.807, 2.05) is 0 Å². The molecule has 0 aliphatic carbocycles. The lowest BCUT2D eigenvalue weighted by molar-refractivity contribution is -0.466. The molecule has 2 rings (SSSR count). The Labute approximate surface area is 113 Å². The van der Waals surface area contributed by atoms with Gasteiger partial charge < -0.3 is 25.6 Å². The number of nitrogens with zero attached hydrogens (tertiary/aromatic N) is 2. The molecule has 0 unspecified atom stereocenters. The van der Waals surface area contributed by atoms with Crippen molar-refractivity contribution < 1.29 is 30.1 Å². The fourth-order valence-electron chi connectivity index (χ4n) is 1.91. The maximum Gasteiger partial charge on any atom is 0.289 e. The molecule has 108 valence electrons. The van der Waals surface area contributed by atoms with Crippen LogP contribution in [0.4, 0.5) is 0 Å². The zero-order chi connectivity index (χ0) is 14.9. The normalized spacial score (nSPS) is 16.0. The van der Waals surface area contributed by atoms with Gasteiger partial charge in [-0.15, -0.1) is 0 Å². The summed E-state index contributed by atoms with van der Waals surface area (Å²) in [6.45, 7) is -0.769. The summed E-state index contributed by atoms with van der Waals surface area (Å²) in [6, 6.07) is 6.13. The summed E-state index contributed by atoms with van der Waals surface area (Å²) in [4.78, 5) is 11.8. The molecule has 3 atom stereocenters. The van der Waals surface area contributed by atoms with Crippen LogP contribution < -0.4 is 4.43 Å². The Morgan fingerprint density at radius 1 is 1.20 bits per heavy atom. The van der Waals surface area contributed by atoms with Gasteiger partial charge in [-0.1, -0.05) is 12.1 Å². The van der Waals surface area contributed by atoms with Gasteiger partial charge >= 0.3 is 0 Å². The molecular formula is C12H15N2O6+. The van der Waals surface area contributed by atoms with Gasteiger partial charge in [-0.3, -0.25) is 0 Å². The summed E-state index contributed by atoms with van der Waals surface area (Å²) in [7, 11) is 0. The minimum atomic E-state index is -1.75. The summed E-state index contributed by atoms with van der Waals surface area (Å²) < 4.78 is 0.986. The monoisotopic (exact) mass is 283 g/mol. The second-order valence-corrected chi connectivity index (χ2v) is 4.37. The van der Waals surface area contributed by atoms with Gasteiger partial charge in [0.15, 0.2) is 11.2 Å². The first kappa shape index (κ1) is 14.4. The highest BCUT2D eigenvalue weighted by Crippen LogP contribution is 2.20. The van der Waals surface area contributed by atoms with Crippen LogP contribution >= 0.6 is 0 Å². The highest BCUT2D eigenvalue weighted by Gasteiger charge is 2.31. The van der Waals surface area contributed by atoms with Gasteiger partial charge in [0.25, 0.3) is 11.7 Å². The second-order valence-electron chi connectivity index (χ2n) is 4.37. The molecule has 1 aromatic carbocycles. The fraction of sp³-hybridized carbons (Fsp3) is 0.333. The SMILES string of the molecule is O=[n+]1cc([C@H](O)[C@@H](O)[C@H](O)CO)n(O)c2ccccc21. The van der Waals surface area contributed by atoms with Crippen molar-refractivity contribution in [3.63, 3.8) is 0 Å². The quantitative estimate of drug-likeness (QED) is 0.344. The number of benzene rings is 1. The summed E-state index contributed by atoms with van der Waals surface area (Å²) >= 11 is 0. The number of hydrogen-bond acceptors (Lipinski definition) is 6. The molecule has 8 nitrogen and oxygen atoms in total. The third-order valence-corrected chi connectivity index (χ3v) is 3.05. The maximum atomic E-state index is 11.8. The van der Waals surface area contributed by atoms with Crippen LogP contribution in [0.3, 0.4) is 0 Å². The standard InChI is InChI=1S/C12H15N2O6/c15-6-10(16)12(18)11(17)9-5-13(19)7-3-1-2-4-8(7)14(9)20/h1-5,10-12,15-18,20H,6H2/q+1/t10-,11+,12+/m1/s1. The third-order valence-electron chi connectivity index (χ3n) is 3.05. The van der Waals surface area contributed by atoms with E-state index in [-0.39, 0.29) is 16.7 Å². The molecular weight excluding hydrogens is 268 g/mol. The number of fused-ring (bicyclic) bond motifs is 1. The first-order valence-electron chi connectivity index (χ1n) is 5.88. The van der Waals surface area contributed by atoms with Gasteiger partial charge in [-0.25, -0.2) is 0 Å². The molecule has 0 fully saturated rings. The summed E-state index contributed by atoms with van der Waals surface area (Å²) in [5, 5.41) is 47.6. The van der Waals surface area contributed by atoms with Crippen LogP contribution in [0.2, 0.25) is 0 Å². The molecule has 0 aliphatic rings. The van der Waals surface area contributed by atoms with Crippen molar-refractivity contribution in [2.45, 2.75) is 18.3 Å². The van der Waals surface area contributed by atoms with Crippen molar-refractivity contribution in [3.05, 3.63) is 41.1 Å². The minimum Gasteiger partial charge on any atom is -0.428 e.